The number of sulfonamides is 1. The SMILES string of the molecule is CC(=O)c1ccc(S(=O)(=O)N(C)CCCC(=O)NCCCN)cc1. The van der Waals surface area contributed by atoms with Crippen molar-refractivity contribution in [3.63, 3.8) is 0 Å². The third-order valence-corrected chi connectivity index (χ3v) is 5.42. The number of hydrogen-bond acceptors (Lipinski definition) is 5. The molecule has 0 saturated carbocycles. The Morgan fingerprint density at radius 1 is 1.17 bits per heavy atom. The van der Waals surface area contributed by atoms with Crippen molar-refractivity contribution >= 4 is 21.7 Å². The summed E-state index contributed by atoms with van der Waals surface area (Å²) in [6.07, 6.45) is 1.40. The van der Waals surface area contributed by atoms with Crippen LogP contribution in [0.5, 0.6) is 0 Å². The van der Waals surface area contributed by atoms with Gasteiger partial charge in [0.25, 0.3) is 0 Å². The number of Topliss-reactive ketones (excluding diaryl/α,β-unsaturated/α-hetero) is 1. The standard InChI is InChI=1S/C16H25N3O4S/c1-13(20)14-6-8-15(9-7-14)24(22,23)19(2)12-3-5-16(21)18-11-4-10-17/h6-9H,3-5,10-12,17H2,1-2H3,(H,18,21). The Morgan fingerprint density at radius 3 is 2.33 bits per heavy atom. The van der Waals surface area contributed by atoms with Crippen molar-refractivity contribution in [1.82, 2.24) is 9.62 Å². The molecule has 1 rings (SSSR count). The van der Waals surface area contributed by atoms with E-state index in [2.05, 4.69) is 5.32 Å². The van der Waals surface area contributed by atoms with Crippen molar-refractivity contribution in [3.05, 3.63) is 29.8 Å². The van der Waals surface area contributed by atoms with Gasteiger partial charge in [0.1, 0.15) is 0 Å². The molecule has 0 bridgehead atoms. The molecule has 0 aliphatic heterocycles. The van der Waals surface area contributed by atoms with Gasteiger partial charge in [-0.05, 0) is 38.4 Å². The van der Waals surface area contributed by atoms with E-state index < -0.39 is 10.0 Å². The van der Waals surface area contributed by atoms with Gasteiger partial charge in [-0.1, -0.05) is 12.1 Å². The number of nitrogens with one attached hydrogen (secondary N) is 1. The first kappa shape index (κ1) is 20.3. The van der Waals surface area contributed by atoms with Gasteiger partial charge in [0.15, 0.2) is 5.78 Å². The zero-order valence-electron chi connectivity index (χ0n) is 14.1. The van der Waals surface area contributed by atoms with E-state index in [9.17, 15) is 18.0 Å². The molecule has 7 nitrogen and oxygen atoms in total. The highest BCUT2D eigenvalue weighted by Gasteiger charge is 2.20. The van der Waals surface area contributed by atoms with Crippen LogP contribution < -0.4 is 11.1 Å². The van der Waals surface area contributed by atoms with E-state index in [-0.39, 0.29) is 29.6 Å². The molecule has 0 atom stereocenters. The summed E-state index contributed by atoms with van der Waals surface area (Å²) in [5, 5.41) is 2.73. The monoisotopic (exact) mass is 355 g/mol. The molecule has 0 aromatic heterocycles. The van der Waals surface area contributed by atoms with Crippen molar-refractivity contribution in [2.75, 3.05) is 26.7 Å². The van der Waals surface area contributed by atoms with Gasteiger partial charge in [-0.2, -0.15) is 0 Å². The average Bonchev–Trinajstić information content (AvgIpc) is 2.55. The molecule has 0 aliphatic rings. The molecule has 0 heterocycles. The van der Waals surface area contributed by atoms with E-state index in [1.54, 1.807) is 0 Å². The van der Waals surface area contributed by atoms with Crippen molar-refractivity contribution in [2.24, 2.45) is 5.73 Å². The van der Waals surface area contributed by atoms with Gasteiger partial charge in [-0.25, -0.2) is 12.7 Å². The second kappa shape index (κ2) is 9.51. The second-order valence-corrected chi connectivity index (χ2v) is 7.55. The minimum Gasteiger partial charge on any atom is -0.356 e. The van der Waals surface area contributed by atoms with E-state index in [1.807, 2.05) is 0 Å². The lowest BCUT2D eigenvalue weighted by atomic mass is 10.2. The van der Waals surface area contributed by atoms with E-state index in [1.165, 1.54) is 42.5 Å². The number of benzene rings is 1. The number of nitrogens with zero attached hydrogens (tertiary/aromatic N) is 1. The van der Waals surface area contributed by atoms with Crippen molar-refractivity contribution in [2.45, 2.75) is 31.1 Å². The molecule has 0 fully saturated rings. The fourth-order valence-electron chi connectivity index (χ4n) is 2.04. The quantitative estimate of drug-likeness (QED) is 0.475. The maximum atomic E-state index is 12.4. The van der Waals surface area contributed by atoms with Gasteiger partial charge < -0.3 is 11.1 Å². The Balaban J connectivity index is 2.55. The largest absolute Gasteiger partial charge is 0.356 e. The molecule has 0 spiro atoms. The van der Waals surface area contributed by atoms with E-state index in [0.29, 0.717) is 25.1 Å². The number of nitrogens with two attached hydrogens (primary N) is 1. The number of carbonyl (C=O) groups excluding carboxylic acids is 2. The molecule has 24 heavy (non-hydrogen) atoms. The lowest BCUT2D eigenvalue weighted by Gasteiger charge is -2.17. The summed E-state index contributed by atoms with van der Waals surface area (Å²) in [6.45, 7) is 2.71. The summed E-state index contributed by atoms with van der Waals surface area (Å²) in [5.74, 6) is -0.229. The van der Waals surface area contributed by atoms with E-state index >= 15 is 0 Å². The summed E-state index contributed by atoms with van der Waals surface area (Å²) in [5.41, 5.74) is 5.80. The van der Waals surface area contributed by atoms with Crippen LogP contribution in [0, 0.1) is 0 Å². The molecule has 1 aromatic rings. The molecule has 0 saturated heterocycles. The maximum Gasteiger partial charge on any atom is 0.242 e. The average molecular weight is 355 g/mol. The first-order valence-corrected chi connectivity index (χ1v) is 9.27. The molecule has 0 unspecified atom stereocenters. The zero-order chi connectivity index (χ0) is 18.2. The maximum absolute atomic E-state index is 12.4. The summed E-state index contributed by atoms with van der Waals surface area (Å²) in [6, 6.07) is 5.83. The van der Waals surface area contributed by atoms with Crippen LogP contribution in [-0.4, -0.2) is 51.1 Å². The second-order valence-electron chi connectivity index (χ2n) is 5.50. The number of carbonyl (C=O) groups is 2. The molecule has 0 radical (unpaired) electrons. The molecule has 1 aromatic carbocycles. The first-order valence-electron chi connectivity index (χ1n) is 7.83. The van der Waals surface area contributed by atoms with Gasteiger partial charge in [0.05, 0.1) is 4.90 Å². The summed E-state index contributed by atoms with van der Waals surface area (Å²) < 4.78 is 26.1. The lowest BCUT2D eigenvalue weighted by Crippen LogP contribution is -2.30. The van der Waals surface area contributed by atoms with E-state index in [4.69, 9.17) is 5.73 Å². The third kappa shape index (κ3) is 6.03. The Kier molecular flexibility index (Phi) is 8.03. The van der Waals surface area contributed by atoms with Crippen LogP contribution in [0.1, 0.15) is 36.5 Å². The third-order valence-electron chi connectivity index (χ3n) is 3.55. The highest BCUT2D eigenvalue weighted by atomic mass is 32.2. The zero-order valence-corrected chi connectivity index (χ0v) is 14.9. The Hall–Kier alpha value is -1.77. The highest BCUT2D eigenvalue weighted by molar-refractivity contribution is 7.89. The van der Waals surface area contributed by atoms with Crippen molar-refractivity contribution in [3.8, 4) is 0 Å². The Morgan fingerprint density at radius 2 is 1.79 bits per heavy atom. The fourth-order valence-corrected chi connectivity index (χ4v) is 3.25. The number of ketones is 1. The molecular formula is C16H25N3O4S. The minimum atomic E-state index is -3.63. The van der Waals surface area contributed by atoms with Crippen molar-refractivity contribution in [1.29, 1.82) is 0 Å². The van der Waals surface area contributed by atoms with Gasteiger partial charge in [-0.15, -0.1) is 0 Å². The summed E-state index contributed by atoms with van der Waals surface area (Å²) in [7, 11) is -2.15. The topological polar surface area (TPSA) is 110 Å². The minimum absolute atomic E-state index is 0.111. The van der Waals surface area contributed by atoms with Crippen LogP contribution in [0.3, 0.4) is 0 Å². The Bertz CT molecular complexity index is 656. The Labute approximate surface area is 143 Å². The molecule has 1 amide bonds. The lowest BCUT2D eigenvalue weighted by molar-refractivity contribution is -0.121. The number of rotatable bonds is 10. The van der Waals surface area contributed by atoms with Crippen LogP contribution in [0.25, 0.3) is 0 Å². The van der Waals surface area contributed by atoms with Crippen LogP contribution in [-0.2, 0) is 14.8 Å². The molecule has 8 heteroatoms. The molecule has 0 aliphatic carbocycles. The fraction of sp³-hybridized carbons (Fsp3) is 0.500. The van der Waals surface area contributed by atoms with Crippen LogP contribution in [0.2, 0.25) is 0 Å². The van der Waals surface area contributed by atoms with Crippen LogP contribution in [0.15, 0.2) is 29.2 Å². The van der Waals surface area contributed by atoms with Crippen LogP contribution in [0.4, 0.5) is 0 Å². The molecule has 3 N–H and O–H groups in total. The smallest absolute Gasteiger partial charge is 0.242 e. The molecule has 134 valence electrons. The predicted octanol–water partition coefficient (Wildman–Crippen LogP) is 0.755. The summed E-state index contributed by atoms with van der Waals surface area (Å²) in [4.78, 5) is 22.9. The normalized spacial score (nSPS) is 11.5. The first-order chi connectivity index (χ1) is 11.3. The number of hydrogen-bond donors (Lipinski definition) is 2. The summed E-state index contributed by atoms with van der Waals surface area (Å²) >= 11 is 0. The van der Waals surface area contributed by atoms with E-state index in [0.717, 1.165) is 6.42 Å². The van der Waals surface area contributed by atoms with Gasteiger partial charge in [0.2, 0.25) is 15.9 Å². The van der Waals surface area contributed by atoms with Gasteiger partial charge >= 0.3 is 0 Å². The van der Waals surface area contributed by atoms with Crippen LogP contribution >= 0.6 is 0 Å². The van der Waals surface area contributed by atoms with Gasteiger partial charge in [0, 0.05) is 32.1 Å². The number of amides is 1. The molecular weight excluding hydrogens is 330 g/mol. The highest BCUT2D eigenvalue weighted by Crippen LogP contribution is 2.16. The predicted molar refractivity (Wildman–Crippen MR) is 92.2 cm³/mol. The van der Waals surface area contributed by atoms with Crippen molar-refractivity contribution < 1.29 is 18.0 Å². The van der Waals surface area contributed by atoms with Gasteiger partial charge in [-0.3, -0.25) is 9.59 Å².